The van der Waals surface area contributed by atoms with Crippen molar-refractivity contribution in [3.05, 3.63) is 61.7 Å². The van der Waals surface area contributed by atoms with Crippen LogP contribution in [0.3, 0.4) is 0 Å². The van der Waals surface area contributed by atoms with Gasteiger partial charge in [-0.3, -0.25) is 5.10 Å². The van der Waals surface area contributed by atoms with Gasteiger partial charge in [-0.25, -0.2) is 0 Å². The summed E-state index contributed by atoms with van der Waals surface area (Å²) in [6.45, 7) is 0. The van der Waals surface area contributed by atoms with Gasteiger partial charge in [0.1, 0.15) is 5.82 Å². The van der Waals surface area contributed by atoms with E-state index in [0.29, 0.717) is 0 Å². The summed E-state index contributed by atoms with van der Waals surface area (Å²) in [4.78, 5) is 0. The van der Waals surface area contributed by atoms with Crippen molar-refractivity contribution < 1.29 is 0 Å². The Bertz CT molecular complexity index is 693. The lowest BCUT2D eigenvalue weighted by molar-refractivity contribution is 1.09. The standard InChI is InChI=1S/C15H12I2N4/c16-10-5-1-3-7-12(10)18-14-9-15(21-20-14)19-13-8-4-2-6-11(13)17/h1-9H,(H3,18,19,20,21). The predicted molar refractivity (Wildman–Crippen MR) is 103 cm³/mol. The van der Waals surface area contributed by atoms with Crippen LogP contribution in [0.1, 0.15) is 0 Å². The number of benzene rings is 2. The number of hydrogen-bond acceptors (Lipinski definition) is 3. The number of aromatic nitrogens is 2. The second-order valence-electron chi connectivity index (χ2n) is 4.38. The van der Waals surface area contributed by atoms with E-state index in [1.54, 1.807) is 0 Å². The molecule has 0 fully saturated rings. The number of aromatic amines is 1. The number of para-hydroxylation sites is 2. The first-order valence-electron chi connectivity index (χ1n) is 6.31. The summed E-state index contributed by atoms with van der Waals surface area (Å²) in [5.74, 6) is 1.64. The van der Waals surface area contributed by atoms with Crippen molar-refractivity contribution in [2.45, 2.75) is 0 Å². The first-order chi connectivity index (χ1) is 10.2. The molecule has 4 nitrogen and oxygen atoms in total. The predicted octanol–water partition coefficient (Wildman–Crippen LogP) is 5.11. The lowest BCUT2D eigenvalue weighted by Crippen LogP contribution is -1.92. The molecule has 3 N–H and O–H groups in total. The molecule has 21 heavy (non-hydrogen) atoms. The molecule has 3 rings (SSSR count). The molecule has 3 aromatic rings. The van der Waals surface area contributed by atoms with Crippen molar-refractivity contribution >= 4 is 68.2 Å². The molecule has 2 aromatic carbocycles. The van der Waals surface area contributed by atoms with Crippen LogP contribution >= 0.6 is 45.2 Å². The number of rotatable bonds is 4. The van der Waals surface area contributed by atoms with Gasteiger partial charge in [0.05, 0.1) is 11.4 Å². The van der Waals surface area contributed by atoms with Crippen molar-refractivity contribution in [1.82, 2.24) is 10.2 Å². The highest BCUT2D eigenvalue weighted by molar-refractivity contribution is 14.1. The van der Waals surface area contributed by atoms with E-state index in [4.69, 9.17) is 0 Å². The van der Waals surface area contributed by atoms with Crippen molar-refractivity contribution in [1.29, 1.82) is 0 Å². The highest BCUT2D eigenvalue weighted by Crippen LogP contribution is 2.25. The Morgan fingerprint density at radius 1 is 0.810 bits per heavy atom. The van der Waals surface area contributed by atoms with E-state index < -0.39 is 0 Å². The maximum absolute atomic E-state index is 4.27. The summed E-state index contributed by atoms with van der Waals surface area (Å²) < 4.78 is 2.32. The molecule has 1 heterocycles. The molecule has 106 valence electrons. The molecule has 0 saturated heterocycles. The summed E-state index contributed by atoms with van der Waals surface area (Å²) >= 11 is 4.60. The second-order valence-corrected chi connectivity index (χ2v) is 6.70. The van der Waals surface area contributed by atoms with Gasteiger partial charge < -0.3 is 10.6 Å². The van der Waals surface area contributed by atoms with Crippen LogP contribution < -0.4 is 10.6 Å². The summed E-state index contributed by atoms with van der Waals surface area (Å²) in [7, 11) is 0. The molecule has 0 saturated carbocycles. The molecule has 0 atom stereocenters. The smallest absolute Gasteiger partial charge is 0.154 e. The van der Waals surface area contributed by atoms with Crippen molar-refractivity contribution in [3.8, 4) is 0 Å². The molecular formula is C15H12I2N4. The minimum Gasteiger partial charge on any atom is -0.340 e. The van der Waals surface area contributed by atoms with Crippen LogP contribution in [-0.2, 0) is 0 Å². The van der Waals surface area contributed by atoms with E-state index in [0.717, 1.165) is 30.2 Å². The zero-order valence-corrected chi connectivity index (χ0v) is 15.2. The highest BCUT2D eigenvalue weighted by atomic mass is 127. The number of nitrogens with zero attached hydrogens (tertiary/aromatic N) is 1. The third kappa shape index (κ3) is 3.67. The summed E-state index contributed by atoms with van der Waals surface area (Å²) in [5, 5.41) is 13.9. The number of hydrogen-bond donors (Lipinski definition) is 3. The topological polar surface area (TPSA) is 52.7 Å². The third-order valence-corrected chi connectivity index (χ3v) is 4.74. The van der Waals surface area contributed by atoms with Crippen LogP contribution in [0.25, 0.3) is 0 Å². The fourth-order valence-electron chi connectivity index (χ4n) is 1.86. The minimum absolute atomic E-state index is 0.785. The van der Waals surface area contributed by atoms with Crippen LogP contribution in [0.2, 0.25) is 0 Å². The zero-order valence-electron chi connectivity index (χ0n) is 10.9. The van der Waals surface area contributed by atoms with Crippen molar-refractivity contribution in [3.63, 3.8) is 0 Å². The number of anilines is 4. The van der Waals surface area contributed by atoms with E-state index in [1.165, 1.54) is 0 Å². The third-order valence-electron chi connectivity index (χ3n) is 2.86. The molecule has 0 radical (unpaired) electrons. The maximum atomic E-state index is 4.27. The molecule has 0 unspecified atom stereocenters. The Balaban J connectivity index is 1.75. The van der Waals surface area contributed by atoms with Gasteiger partial charge in [0.2, 0.25) is 0 Å². The Morgan fingerprint density at radius 3 is 2.00 bits per heavy atom. The highest BCUT2D eigenvalue weighted by Gasteiger charge is 2.05. The molecule has 1 aromatic heterocycles. The largest absolute Gasteiger partial charge is 0.340 e. The lowest BCUT2D eigenvalue weighted by atomic mass is 10.3. The number of halogens is 2. The maximum Gasteiger partial charge on any atom is 0.154 e. The Morgan fingerprint density at radius 2 is 1.38 bits per heavy atom. The van der Waals surface area contributed by atoms with Gasteiger partial charge in [-0.15, -0.1) is 0 Å². The molecular weight excluding hydrogens is 490 g/mol. The van der Waals surface area contributed by atoms with Gasteiger partial charge in [-0.1, -0.05) is 24.3 Å². The van der Waals surface area contributed by atoms with Crippen LogP contribution in [0, 0.1) is 7.14 Å². The van der Waals surface area contributed by atoms with Crippen molar-refractivity contribution in [2.75, 3.05) is 10.6 Å². The van der Waals surface area contributed by atoms with E-state index in [-0.39, 0.29) is 0 Å². The molecule has 0 amide bonds. The fraction of sp³-hybridized carbons (Fsp3) is 0. The van der Waals surface area contributed by atoms with Crippen LogP contribution in [0.5, 0.6) is 0 Å². The monoisotopic (exact) mass is 502 g/mol. The number of nitrogens with one attached hydrogen (secondary N) is 3. The Kier molecular flexibility index (Phi) is 4.63. The summed E-state index contributed by atoms with van der Waals surface area (Å²) in [6, 6.07) is 18.2. The van der Waals surface area contributed by atoms with E-state index in [1.807, 2.05) is 42.5 Å². The van der Waals surface area contributed by atoms with E-state index in [9.17, 15) is 0 Å². The Hall–Kier alpha value is -1.29. The van der Waals surface area contributed by atoms with Crippen LogP contribution in [0.4, 0.5) is 23.0 Å². The summed E-state index contributed by atoms with van der Waals surface area (Å²) in [6.07, 6.45) is 0. The van der Waals surface area contributed by atoms with Gasteiger partial charge in [0, 0.05) is 13.2 Å². The SMILES string of the molecule is Ic1ccccc1Nc1cc(Nc2ccccc2I)[nH]n1. The fourth-order valence-corrected chi connectivity index (χ4v) is 2.90. The first kappa shape index (κ1) is 14.6. The van der Waals surface area contributed by atoms with Crippen LogP contribution in [0.15, 0.2) is 54.6 Å². The average Bonchev–Trinajstić information content (AvgIpc) is 2.91. The van der Waals surface area contributed by atoms with Gasteiger partial charge in [-0.2, -0.15) is 5.10 Å². The molecule has 0 spiro atoms. The molecule has 0 aliphatic rings. The minimum atomic E-state index is 0.785. The normalized spacial score (nSPS) is 10.4. The van der Waals surface area contributed by atoms with Gasteiger partial charge in [0.25, 0.3) is 0 Å². The van der Waals surface area contributed by atoms with E-state index >= 15 is 0 Å². The molecule has 0 aliphatic carbocycles. The first-order valence-corrected chi connectivity index (χ1v) is 8.46. The van der Waals surface area contributed by atoms with E-state index in [2.05, 4.69) is 78.1 Å². The lowest BCUT2D eigenvalue weighted by Gasteiger charge is -2.05. The van der Waals surface area contributed by atoms with Gasteiger partial charge in [0.15, 0.2) is 5.82 Å². The number of H-pyrrole nitrogens is 1. The van der Waals surface area contributed by atoms with Gasteiger partial charge in [-0.05, 0) is 69.4 Å². The molecule has 0 bridgehead atoms. The quantitative estimate of drug-likeness (QED) is 0.436. The summed E-state index contributed by atoms with van der Waals surface area (Å²) in [5.41, 5.74) is 2.10. The van der Waals surface area contributed by atoms with Crippen LogP contribution in [-0.4, -0.2) is 10.2 Å². The average molecular weight is 502 g/mol. The van der Waals surface area contributed by atoms with Crippen molar-refractivity contribution in [2.24, 2.45) is 0 Å². The molecule has 0 aliphatic heterocycles. The molecule has 6 heteroatoms. The second kappa shape index (κ2) is 6.65. The van der Waals surface area contributed by atoms with Gasteiger partial charge >= 0.3 is 0 Å². The zero-order chi connectivity index (χ0) is 14.7. The Labute approximate surface area is 150 Å².